The van der Waals surface area contributed by atoms with E-state index in [2.05, 4.69) is 0 Å². The molecule has 0 spiro atoms. The number of thioether (sulfide) groups is 1. The zero-order valence-electron chi connectivity index (χ0n) is 11.8. The minimum absolute atomic E-state index is 0.365. The monoisotopic (exact) mass is 335 g/mol. The number of carboxylic acid groups (broad SMARTS) is 1. The lowest BCUT2D eigenvalue weighted by atomic mass is 10.2. The van der Waals surface area contributed by atoms with E-state index in [-0.39, 0.29) is 0 Å². The van der Waals surface area contributed by atoms with Crippen molar-refractivity contribution in [2.45, 2.75) is 42.1 Å². The fourth-order valence-electron chi connectivity index (χ4n) is 1.68. The standard InChI is InChI=1S/C14H16F3NO3S/c1-2-11(22-9-6-4-3-5-7-9)12(19)18-10(13(20)21)8-14(15,16)17/h3-7,10-11H,2,8H2,1H3,(H,18,19)(H,20,21). The first kappa shape index (κ1) is 18.3. The Hall–Kier alpha value is -1.70. The minimum Gasteiger partial charge on any atom is -0.480 e. The van der Waals surface area contributed by atoms with E-state index in [0.717, 1.165) is 4.90 Å². The molecule has 0 saturated carbocycles. The molecule has 1 amide bonds. The van der Waals surface area contributed by atoms with Crippen molar-refractivity contribution in [2.24, 2.45) is 0 Å². The number of aliphatic carboxylic acids is 1. The molecule has 0 radical (unpaired) electrons. The highest BCUT2D eigenvalue weighted by Gasteiger charge is 2.37. The Morgan fingerprint density at radius 2 is 1.86 bits per heavy atom. The molecule has 0 saturated heterocycles. The third-order valence-electron chi connectivity index (χ3n) is 2.73. The van der Waals surface area contributed by atoms with Crippen LogP contribution in [0.25, 0.3) is 0 Å². The third-order valence-corrected chi connectivity index (χ3v) is 4.11. The summed E-state index contributed by atoms with van der Waals surface area (Å²) in [5, 5.41) is 10.1. The van der Waals surface area contributed by atoms with Gasteiger partial charge in [0.15, 0.2) is 0 Å². The molecule has 0 heterocycles. The number of benzene rings is 1. The summed E-state index contributed by atoms with van der Waals surface area (Å²) in [6, 6.07) is 6.91. The molecule has 1 aromatic rings. The van der Waals surface area contributed by atoms with Crippen LogP contribution >= 0.6 is 11.8 Å². The van der Waals surface area contributed by atoms with Gasteiger partial charge in [0.2, 0.25) is 5.91 Å². The van der Waals surface area contributed by atoms with Gasteiger partial charge in [-0.15, -0.1) is 11.8 Å². The van der Waals surface area contributed by atoms with Crippen LogP contribution in [0.3, 0.4) is 0 Å². The zero-order chi connectivity index (χ0) is 16.8. The van der Waals surface area contributed by atoms with Crippen molar-refractivity contribution in [1.82, 2.24) is 5.32 Å². The lowest BCUT2D eigenvalue weighted by molar-refractivity contribution is -0.159. The van der Waals surface area contributed by atoms with Gasteiger partial charge in [0.05, 0.1) is 11.7 Å². The average Bonchev–Trinajstić information content (AvgIpc) is 2.43. The Kier molecular flexibility index (Phi) is 6.73. The maximum absolute atomic E-state index is 12.3. The number of carboxylic acids is 1. The van der Waals surface area contributed by atoms with Crippen LogP contribution in [0.5, 0.6) is 0 Å². The van der Waals surface area contributed by atoms with Gasteiger partial charge in [-0.2, -0.15) is 13.2 Å². The van der Waals surface area contributed by atoms with Crippen molar-refractivity contribution in [3.63, 3.8) is 0 Å². The van der Waals surface area contributed by atoms with Crippen LogP contribution in [0, 0.1) is 0 Å². The van der Waals surface area contributed by atoms with Crippen LogP contribution in [0.1, 0.15) is 19.8 Å². The molecule has 0 aliphatic carbocycles. The molecule has 0 fully saturated rings. The van der Waals surface area contributed by atoms with Crippen molar-refractivity contribution in [1.29, 1.82) is 0 Å². The van der Waals surface area contributed by atoms with Crippen LogP contribution in [-0.2, 0) is 9.59 Å². The number of hydrogen-bond donors (Lipinski definition) is 2. The van der Waals surface area contributed by atoms with Gasteiger partial charge >= 0.3 is 12.1 Å². The summed E-state index contributed by atoms with van der Waals surface area (Å²) in [6.07, 6.45) is -5.89. The quantitative estimate of drug-likeness (QED) is 0.752. The molecule has 122 valence electrons. The van der Waals surface area contributed by atoms with E-state index in [1.54, 1.807) is 37.3 Å². The number of alkyl halides is 3. The summed E-state index contributed by atoms with van der Waals surface area (Å²) in [4.78, 5) is 23.7. The highest BCUT2D eigenvalue weighted by Crippen LogP contribution is 2.26. The molecule has 4 nitrogen and oxygen atoms in total. The average molecular weight is 335 g/mol. The Morgan fingerprint density at radius 3 is 2.32 bits per heavy atom. The topological polar surface area (TPSA) is 66.4 Å². The predicted molar refractivity (Wildman–Crippen MR) is 76.6 cm³/mol. The Morgan fingerprint density at radius 1 is 1.27 bits per heavy atom. The molecule has 0 aliphatic rings. The largest absolute Gasteiger partial charge is 0.480 e. The third kappa shape index (κ3) is 6.38. The van der Waals surface area contributed by atoms with Gasteiger partial charge in [-0.25, -0.2) is 4.79 Å². The van der Waals surface area contributed by atoms with Gasteiger partial charge in [-0.1, -0.05) is 25.1 Å². The smallest absolute Gasteiger partial charge is 0.391 e. The van der Waals surface area contributed by atoms with Gasteiger partial charge in [-0.05, 0) is 18.6 Å². The van der Waals surface area contributed by atoms with Gasteiger partial charge in [-0.3, -0.25) is 4.79 Å². The number of carbonyl (C=O) groups is 2. The molecule has 22 heavy (non-hydrogen) atoms. The maximum Gasteiger partial charge on any atom is 0.391 e. The number of carbonyl (C=O) groups excluding carboxylic acids is 1. The normalized spacial score (nSPS) is 14.2. The van der Waals surface area contributed by atoms with Crippen LogP contribution in [-0.4, -0.2) is 34.5 Å². The second-order valence-corrected chi connectivity index (χ2v) is 5.82. The highest BCUT2D eigenvalue weighted by molar-refractivity contribution is 8.00. The van der Waals surface area contributed by atoms with Crippen LogP contribution in [0.4, 0.5) is 13.2 Å². The second kappa shape index (κ2) is 8.07. The molecule has 1 rings (SSSR count). The van der Waals surface area contributed by atoms with Crippen molar-refractivity contribution >= 4 is 23.6 Å². The number of nitrogens with one attached hydrogen (secondary N) is 1. The van der Waals surface area contributed by atoms with Gasteiger partial charge in [0, 0.05) is 4.90 Å². The first-order valence-electron chi connectivity index (χ1n) is 6.54. The minimum atomic E-state index is -4.66. The molecule has 1 aromatic carbocycles. The van der Waals surface area contributed by atoms with E-state index in [0.29, 0.717) is 6.42 Å². The van der Waals surface area contributed by atoms with Crippen LogP contribution in [0.2, 0.25) is 0 Å². The van der Waals surface area contributed by atoms with Crippen molar-refractivity contribution < 1.29 is 27.9 Å². The molecule has 0 aromatic heterocycles. The molecule has 2 atom stereocenters. The fourth-order valence-corrected chi connectivity index (χ4v) is 2.67. The summed E-state index contributed by atoms with van der Waals surface area (Å²) in [5.74, 6) is -2.42. The Balaban J connectivity index is 2.72. The first-order valence-corrected chi connectivity index (χ1v) is 7.42. The number of amides is 1. The van der Waals surface area contributed by atoms with Gasteiger partial charge < -0.3 is 10.4 Å². The van der Waals surface area contributed by atoms with Crippen molar-refractivity contribution in [3.8, 4) is 0 Å². The van der Waals surface area contributed by atoms with E-state index < -0.39 is 35.8 Å². The van der Waals surface area contributed by atoms with E-state index in [9.17, 15) is 22.8 Å². The lowest BCUT2D eigenvalue weighted by Crippen LogP contribution is -2.46. The number of rotatable bonds is 7. The van der Waals surface area contributed by atoms with Crippen molar-refractivity contribution in [3.05, 3.63) is 30.3 Å². The number of halogens is 3. The van der Waals surface area contributed by atoms with E-state index in [4.69, 9.17) is 5.11 Å². The summed E-state index contributed by atoms with van der Waals surface area (Å²) >= 11 is 1.18. The van der Waals surface area contributed by atoms with Gasteiger partial charge in [0.1, 0.15) is 6.04 Å². The SMILES string of the molecule is CCC(Sc1ccccc1)C(=O)NC(CC(F)(F)F)C(=O)O. The predicted octanol–water partition coefficient (Wildman–Crippen LogP) is 3.08. The summed E-state index contributed by atoms with van der Waals surface area (Å²) < 4.78 is 37.0. The van der Waals surface area contributed by atoms with Crippen molar-refractivity contribution in [2.75, 3.05) is 0 Å². The summed E-state index contributed by atoms with van der Waals surface area (Å²) in [5.41, 5.74) is 0. The van der Waals surface area contributed by atoms with Crippen LogP contribution < -0.4 is 5.32 Å². The van der Waals surface area contributed by atoms with Gasteiger partial charge in [0.25, 0.3) is 0 Å². The fraction of sp³-hybridized carbons (Fsp3) is 0.429. The summed E-state index contributed by atoms with van der Waals surface area (Å²) in [6.45, 7) is 1.71. The molecule has 2 unspecified atom stereocenters. The maximum atomic E-state index is 12.3. The van der Waals surface area contributed by atoms with E-state index in [1.165, 1.54) is 11.8 Å². The molecule has 0 aliphatic heterocycles. The first-order chi connectivity index (χ1) is 10.2. The van der Waals surface area contributed by atoms with E-state index >= 15 is 0 Å². The summed E-state index contributed by atoms with van der Waals surface area (Å²) in [7, 11) is 0. The Bertz CT molecular complexity index is 508. The zero-order valence-corrected chi connectivity index (χ0v) is 12.6. The number of hydrogen-bond acceptors (Lipinski definition) is 3. The Labute approximate surface area is 130 Å². The lowest BCUT2D eigenvalue weighted by Gasteiger charge is -2.20. The molecule has 0 bridgehead atoms. The van der Waals surface area contributed by atoms with E-state index in [1.807, 2.05) is 5.32 Å². The highest BCUT2D eigenvalue weighted by atomic mass is 32.2. The second-order valence-electron chi connectivity index (χ2n) is 4.55. The van der Waals surface area contributed by atoms with Crippen LogP contribution in [0.15, 0.2) is 35.2 Å². The molecular formula is C14H16F3NO3S. The molecular weight excluding hydrogens is 319 g/mol. The molecule has 2 N–H and O–H groups in total. The molecule has 8 heteroatoms.